The normalized spacial score (nSPS) is 16.7. The first kappa shape index (κ1) is 18.0. The Hall–Kier alpha value is -2.82. The second kappa shape index (κ2) is 7.60. The number of hydrogen-bond donors (Lipinski definition) is 0. The summed E-state index contributed by atoms with van der Waals surface area (Å²) in [6.07, 6.45) is 0.164. The van der Waals surface area contributed by atoms with Crippen molar-refractivity contribution in [3.05, 3.63) is 53.6 Å². The maximum absolute atomic E-state index is 12.5. The molecule has 0 N–H and O–H groups in total. The number of hydrogen-bond acceptors (Lipinski definition) is 4. The molecule has 0 aromatic heterocycles. The average molecular weight is 353 g/mol. The Bertz CT molecular complexity index is 813. The molecule has 5 nitrogen and oxygen atoms in total. The molecule has 0 unspecified atom stereocenters. The third-order valence-corrected chi connectivity index (χ3v) is 4.68. The van der Waals surface area contributed by atoms with Crippen LogP contribution in [0, 0.1) is 19.8 Å². The van der Waals surface area contributed by atoms with Crippen LogP contribution in [0.25, 0.3) is 0 Å². The Morgan fingerprint density at radius 3 is 2.58 bits per heavy atom. The summed E-state index contributed by atoms with van der Waals surface area (Å²) in [4.78, 5) is 26.5. The van der Waals surface area contributed by atoms with Gasteiger partial charge in [-0.25, -0.2) is 0 Å². The highest BCUT2D eigenvalue weighted by molar-refractivity contribution is 5.99. The summed E-state index contributed by atoms with van der Waals surface area (Å²) in [6, 6.07) is 12.9. The zero-order valence-corrected chi connectivity index (χ0v) is 15.3. The SMILES string of the molecule is CCOc1ccc(N2C[C@H](C(=O)Oc3cccc(C)c3C)CC2=O)cc1. The van der Waals surface area contributed by atoms with E-state index in [9.17, 15) is 9.59 Å². The van der Waals surface area contributed by atoms with Crippen molar-refractivity contribution >= 4 is 17.6 Å². The van der Waals surface area contributed by atoms with Gasteiger partial charge < -0.3 is 14.4 Å². The Kier molecular flexibility index (Phi) is 5.26. The molecule has 0 aliphatic carbocycles. The number of ether oxygens (including phenoxy) is 2. The van der Waals surface area contributed by atoms with Crippen molar-refractivity contribution in [1.82, 2.24) is 0 Å². The molecule has 3 rings (SSSR count). The first-order valence-corrected chi connectivity index (χ1v) is 8.80. The van der Waals surface area contributed by atoms with Gasteiger partial charge >= 0.3 is 5.97 Å². The van der Waals surface area contributed by atoms with E-state index in [1.165, 1.54) is 0 Å². The standard InChI is InChI=1S/C21H23NO4/c1-4-25-18-10-8-17(9-11-18)22-13-16(12-20(22)23)21(24)26-19-7-5-6-14(2)15(19)3/h5-11,16H,4,12-13H2,1-3H3/t16-/m1/s1. The molecule has 5 heteroatoms. The molecular formula is C21H23NO4. The topological polar surface area (TPSA) is 55.8 Å². The van der Waals surface area contributed by atoms with Gasteiger partial charge in [0, 0.05) is 18.7 Å². The van der Waals surface area contributed by atoms with Gasteiger partial charge in [-0.1, -0.05) is 12.1 Å². The lowest BCUT2D eigenvalue weighted by Gasteiger charge is -2.17. The van der Waals surface area contributed by atoms with Gasteiger partial charge in [0.2, 0.25) is 5.91 Å². The molecule has 1 aliphatic heterocycles. The molecule has 1 saturated heterocycles. The third kappa shape index (κ3) is 3.72. The number of anilines is 1. The average Bonchev–Trinajstić information content (AvgIpc) is 3.02. The molecule has 2 aromatic rings. The summed E-state index contributed by atoms with van der Waals surface area (Å²) >= 11 is 0. The molecule has 1 atom stereocenters. The van der Waals surface area contributed by atoms with Gasteiger partial charge in [0.1, 0.15) is 11.5 Å². The van der Waals surface area contributed by atoms with E-state index in [1.54, 1.807) is 11.0 Å². The predicted octanol–water partition coefficient (Wildman–Crippen LogP) is 3.66. The van der Waals surface area contributed by atoms with Crippen LogP contribution in [0.4, 0.5) is 5.69 Å². The monoisotopic (exact) mass is 353 g/mol. The van der Waals surface area contributed by atoms with E-state index in [4.69, 9.17) is 9.47 Å². The van der Waals surface area contributed by atoms with E-state index >= 15 is 0 Å². The molecule has 1 heterocycles. The number of amides is 1. The van der Waals surface area contributed by atoms with Crippen LogP contribution >= 0.6 is 0 Å². The van der Waals surface area contributed by atoms with Crippen LogP contribution in [0.15, 0.2) is 42.5 Å². The smallest absolute Gasteiger partial charge is 0.316 e. The maximum Gasteiger partial charge on any atom is 0.316 e. The minimum atomic E-state index is -0.464. The number of esters is 1. The maximum atomic E-state index is 12.5. The summed E-state index contributed by atoms with van der Waals surface area (Å²) in [7, 11) is 0. The van der Waals surface area contributed by atoms with Gasteiger partial charge in [0.05, 0.1) is 12.5 Å². The second-order valence-corrected chi connectivity index (χ2v) is 6.45. The summed E-state index contributed by atoms with van der Waals surface area (Å²) < 4.78 is 11.0. The molecule has 0 bridgehead atoms. The van der Waals surface area contributed by atoms with Crippen molar-refractivity contribution in [2.75, 3.05) is 18.1 Å². The number of rotatable bonds is 5. The van der Waals surface area contributed by atoms with Crippen LogP contribution in [-0.2, 0) is 9.59 Å². The number of aryl methyl sites for hydroxylation is 1. The van der Waals surface area contributed by atoms with Crippen molar-refractivity contribution in [3.8, 4) is 11.5 Å². The van der Waals surface area contributed by atoms with E-state index in [0.29, 0.717) is 18.9 Å². The number of nitrogens with zero attached hydrogens (tertiary/aromatic N) is 1. The van der Waals surface area contributed by atoms with Gasteiger partial charge in [0.15, 0.2) is 0 Å². The van der Waals surface area contributed by atoms with Gasteiger partial charge in [-0.05, 0) is 62.2 Å². The first-order chi connectivity index (χ1) is 12.5. The third-order valence-electron chi connectivity index (χ3n) is 4.68. The summed E-state index contributed by atoms with van der Waals surface area (Å²) in [5.74, 6) is 0.419. The molecular weight excluding hydrogens is 330 g/mol. The van der Waals surface area contributed by atoms with Gasteiger partial charge in [-0.2, -0.15) is 0 Å². The molecule has 26 heavy (non-hydrogen) atoms. The van der Waals surface area contributed by atoms with Gasteiger partial charge in [0.25, 0.3) is 0 Å². The van der Waals surface area contributed by atoms with Crippen LogP contribution in [0.3, 0.4) is 0 Å². The van der Waals surface area contributed by atoms with Crippen molar-refractivity contribution in [3.63, 3.8) is 0 Å². The van der Waals surface area contributed by atoms with Gasteiger partial charge in [-0.3, -0.25) is 9.59 Å². The highest BCUT2D eigenvalue weighted by atomic mass is 16.5. The fourth-order valence-electron chi connectivity index (χ4n) is 3.03. The summed E-state index contributed by atoms with van der Waals surface area (Å²) in [6.45, 7) is 6.73. The second-order valence-electron chi connectivity index (χ2n) is 6.45. The number of carbonyl (C=O) groups excluding carboxylic acids is 2. The molecule has 1 fully saturated rings. The number of benzene rings is 2. The van der Waals surface area contributed by atoms with Crippen LogP contribution in [0.5, 0.6) is 11.5 Å². The van der Waals surface area contributed by atoms with Crippen LogP contribution in [0.1, 0.15) is 24.5 Å². The van der Waals surface area contributed by atoms with E-state index < -0.39 is 5.92 Å². The van der Waals surface area contributed by atoms with Crippen LogP contribution < -0.4 is 14.4 Å². The highest BCUT2D eigenvalue weighted by Gasteiger charge is 2.36. The van der Waals surface area contributed by atoms with E-state index in [2.05, 4.69) is 0 Å². The Morgan fingerprint density at radius 2 is 1.88 bits per heavy atom. The van der Waals surface area contributed by atoms with Gasteiger partial charge in [-0.15, -0.1) is 0 Å². The lowest BCUT2D eigenvalue weighted by atomic mass is 10.1. The minimum Gasteiger partial charge on any atom is -0.494 e. The fourth-order valence-corrected chi connectivity index (χ4v) is 3.03. The lowest BCUT2D eigenvalue weighted by molar-refractivity contribution is -0.139. The van der Waals surface area contributed by atoms with E-state index in [0.717, 1.165) is 22.6 Å². The molecule has 136 valence electrons. The zero-order chi connectivity index (χ0) is 18.7. The lowest BCUT2D eigenvalue weighted by Crippen LogP contribution is -2.27. The Morgan fingerprint density at radius 1 is 1.15 bits per heavy atom. The summed E-state index contributed by atoms with van der Waals surface area (Å²) in [5.41, 5.74) is 2.77. The summed E-state index contributed by atoms with van der Waals surface area (Å²) in [5, 5.41) is 0. The highest BCUT2D eigenvalue weighted by Crippen LogP contribution is 2.29. The van der Waals surface area contributed by atoms with Crippen LogP contribution in [-0.4, -0.2) is 25.0 Å². The molecule has 1 aliphatic rings. The van der Waals surface area contributed by atoms with E-state index in [1.807, 2.05) is 57.2 Å². The van der Waals surface area contributed by atoms with Crippen molar-refractivity contribution in [2.24, 2.45) is 5.92 Å². The Labute approximate surface area is 153 Å². The largest absolute Gasteiger partial charge is 0.494 e. The molecule has 0 spiro atoms. The quantitative estimate of drug-likeness (QED) is 0.608. The Balaban J connectivity index is 1.68. The van der Waals surface area contributed by atoms with Crippen molar-refractivity contribution in [2.45, 2.75) is 27.2 Å². The molecule has 2 aromatic carbocycles. The zero-order valence-electron chi connectivity index (χ0n) is 15.3. The first-order valence-electron chi connectivity index (χ1n) is 8.80. The predicted molar refractivity (Wildman–Crippen MR) is 99.6 cm³/mol. The molecule has 0 saturated carbocycles. The molecule has 0 radical (unpaired) electrons. The van der Waals surface area contributed by atoms with E-state index in [-0.39, 0.29) is 18.3 Å². The van der Waals surface area contributed by atoms with Crippen molar-refractivity contribution < 1.29 is 19.1 Å². The fraction of sp³-hybridized carbons (Fsp3) is 0.333. The molecule has 1 amide bonds. The van der Waals surface area contributed by atoms with Crippen LogP contribution in [0.2, 0.25) is 0 Å². The number of carbonyl (C=O) groups is 2. The van der Waals surface area contributed by atoms with Crippen molar-refractivity contribution in [1.29, 1.82) is 0 Å². The minimum absolute atomic E-state index is 0.0722.